The van der Waals surface area contributed by atoms with Gasteiger partial charge in [-0.05, 0) is 67.3 Å². The lowest BCUT2D eigenvalue weighted by atomic mass is 10.1. The van der Waals surface area contributed by atoms with Crippen LogP contribution in [0.15, 0.2) is 83.8 Å². The van der Waals surface area contributed by atoms with Crippen LogP contribution in [0.3, 0.4) is 0 Å². The Morgan fingerprint density at radius 1 is 0.969 bits per heavy atom. The molecule has 0 saturated heterocycles. The summed E-state index contributed by atoms with van der Waals surface area (Å²) in [5.74, 6) is 0.447. The maximum atomic E-state index is 13.3. The molecule has 1 amide bonds. The van der Waals surface area contributed by atoms with Crippen molar-refractivity contribution in [2.75, 3.05) is 24.5 Å². The molecule has 0 unspecified atom stereocenters. The Kier molecular flexibility index (Phi) is 7.89. The summed E-state index contributed by atoms with van der Waals surface area (Å²) in [5.41, 5.74) is 2.49. The molecular formula is C25H28N2O4S. The molecule has 0 aromatic heterocycles. The van der Waals surface area contributed by atoms with Crippen LogP contribution in [0, 0.1) is 6.92 Å². The van der Waals surface area contributed by atoms with Gasteiger partial charge in [-0.2, -0.15) is 0 Å². The number of nitrogens with one attached hydrogen (secondary N) is 1. The minimum Gasteiger partial charge on any atom is -0.497 e. The lowest BCUT2D eigenvalue weighted by molar-refractivity contribution is -0.119. The first-order valence-electron chi connectivity index (χ1n) is 10.4. The summed E-state index contributed by atoms with van der Waals surface area (Å²) < 4.78 is 33.0. The number of nitrogens with zero attached hydrogens (tertiary/aromatic N) is 1. The zero-order chi connectivity index (χ0) is 23.0. The minimum absolute atomic E-state index is 0.146. The van der Waals surface area contributed by atoms with Crippen LogP contribution < -0.4 is 14.4 Å². The normalized spacial score (nSPS) is 11.1. The summed E-state index contributed by atoms with van der Waals surface area (Å²) in [6.07, 6.45) is 1.51. The Morgan fingerprint density at radius 2 is 1.72 bits per heavy atom. The lowest BCUT2D eigenvalue weighted by Gasteiger charge is -2.24. The van der Waals surface area contributed by atoms with E-state index in [1.54, 1.807) is 43.5 Å². The third-order valence-electron chi connectivity index (χ3n) is 5.01. The van der Waals surface area contributed by atoms with Gasteiger partial charge in [0.15, 0.2) is 0 Å². The number of anilines is 1. The van der Waals surface area contributed by atoms with Crippen molar-refractivity contribution in [1.29, 1.82) is 0 Å². The zero-order valence-corrected chi connectivity index (χ0v) is 19.1. The van der Waals surface area contributed by atoms with Crippen molar-refractivity contribution in [3.8, 4) is 5.75 Å². The van der Waals surface area contributed by atoms with Gasteiger partial charge in [0.2, 0.25) is 5.91 Å². The average Bonchev–Trinajstić information content (AvgIpc) is 2.81. The predicted molar refractivity (Wildman–Crippen MR) is 126 cm³/mol. The van der Waals surface area contributed by atoms with E-state index in [1.807, 2.05) is 37.3 Å². The molecule has 0 aliphatic heterocycles. The largest absolute Gasteiger partial charge is 0.497 e. The average molecular weight is 453 g/mol. The zero-order valence-electron chi connectivity index (χ0n) is 18.3. The fraction of sp³-hybridized carbons (Fsp3) is 0.240. The summed E-state index contributed by atoms with van der Waals surface area (Å²) >= 11 is 0. The van der Waals surface area contributed by atoms with Crippen LogP contribution in [0.4, 0.5) is 5.69 Å². The number of carbonyl (C=O) groups is 1. The van der Waals surface area contributed by atoms with Crippen LogP contribution in [0.1, 0.15) is 17.5 Å². The van der Waals surface area contributed by atoms with Crippen LogP contribution in [0.2, 0.25) is 0 Å². The monoisotopic (exact) mass is 452 g/mol. The van der Waals surface area contributed by atoms with Crippen LogP contribution >= 0.6 is 0 Å². The van der Waals surface area contributed by atoms with E-state index in [2.05, 4.69) is 5.32 Å². The van der Waals surface area contributed by atoms with Gasteiger partial charge in [-0.3, -0.25) is 9.10 Å². The molecule has 3 rings (SSSR count). The van der Waals surface area contributed by atoms with Gasteiger partial charge in [-0.1, -0.05) is 42.5 Å². The van der Waals surface area contributed by atoms with Gasteiger partial charge in [-0.25, -0.2) is 8.42 Å². The molecule has 0 spiro atoms. The first-order valence-corrected chi connectivity index (χ1v) is 11.9. The fourth-order valence-electron chi connectivity index (χ4n) is 3.35. The van der Waals surface area contributed by atoms with Crippen LogP contribution in [0.25, 0.3) is 0 Å². The highest BCUT2D eigenvalue weighted by atomic mass is 32.2. The van der Waals surface area contributed by atoms with Crippen LogP contribution in [0.5, 0.6) is 5.75 Å². The molecule has 168 valence electrons. The number of benzene rings is 3. The molecule has 0 saturated carbocycles. The number of hydrogen-bond donors (Lipinski definition) is 1. The second kappa shape index (κ2) is 10.8. The fourth-order valence-corrected chi connectivity index (χ4v) is 4.79. The first kappa shape index (κ1) is 23.3. The summed E-state index contributed by atoms with van der Waals surface area (Å²) in [6.45, 7) is 2.04. The summed E-state index contributed by atoms with van der Waals surface area (Å²) in [6, 6.07) is 23.1. The van der Waals surface area contributed by atoms with Crippen LogP contribution in [-0.4, -0.2) is 34.5 Å². The lowest BCUT2D eigenvalue weighted by Crippen LogP contribution is -2.41. The smallest absolute Gasteiger partial charge is 0.264 e. The maximum Gasteiger partial charge on any atom is 0.264 e. The maximum absolute atomic E-state index is 13.3. The molecule has 0 radical (unpaired) electrons. The van der Waals surface area contributed by atoms with Crippen molar-refractivity contribution >= 4 is 21.6 Å². The van der Waals surface area contributed by atoms with Crippen molar-refractivity contribution in [2.45, 2.75) is 24.7 Å². The second-order valence-electron chi connectivity index (χ2n) is 7.47. The number of methoxy groups -OCH3 is 1. The Bertz CT molecular complexity index is 1150. The summed E-state index contributed by atoms with van der Waals surface area (Å²) in [5, 5.41) is 2.84. The van der Waals surface area contributed by atoms with Crippen molar-refractivity contribution in [1.82, 2.24) is 5.32 Å². The van der Waals surface area contributed by atoms with Gasteiger partial charge < -0.3 is 10.1 Å². The number of sulfonamides is 1. The van der Waals surface area contributed by atoms with E-state index in [-0.39, 0.29) is 17.3 Å². The summed E-state index contributed by atoms with van der Waals surface area (Å²) in [4.78, 5) is 12.8. The second-order valence-corrected chi connectivity index (χ2v) is 9.33. The van der Waals surface area contributed by atoms with E-state index < -0.39 is 10.0 Å². The molecule has 0 heterocycles. The van der Waals surface area contributed by atoms with Crippen molar-refractivity contribution < 1.29 is 17.9 Å². The number of hydrogen-bond acceptors (Lipinski definition) is 4. The SMILES string of the molecule is COc1cccc(CCCNC(=O)CN(c2cccc(C)c2)S(=O)(=O)c2ccccc2)c1. The molecule has 0 aliphatic rings. The van der Waals surface area contributed by atoms with E-state index in [0.717, 1.165) is 34.0 Å². The molecule has 0 aliphatic carbocycles. The number of carbonyl (C=O) groups excluding carboxylic acids is 1. The Balaban J connectivity index is 1.67. The molecule has 0 bridgehead atoms. The van der Waals surface area contributed by atoms with E-state index in [1.165, 1.54) is 12.1 Å². The molecule has 1 N–H and O–H groups in total. The van der Waals surface area contributed by atoms with E-state index in [9.17, 15) is 13.2 Å². The number of aryl methyl sites for hydroxylation is 2. The van der Waals surface area contributed by atoms with E-state index in [4.69, 9.17) is 4.74 Å². The standard InChI is InChI=1S/C25H28N2O4S/c1-20-9-6-12-22(17-20)27(32(29,30)24-14-4-3-5-15-24)19-25(28)26-16-8-11-21-10-7-13-23(18-21)31-2/h3-7,9-10,12-15,17-18H,8,11,16,19H2,1-2H3,(H,26,28). The molecule has 3 aromatic carbocycles. The number of amides is 1. The topological polar surface area (TPSA) is 75.7 Å². The van der Waals surface area contributed by atoms with Crippen molar-refractivity contribution in [3.05, 3.63) is 90.0 Å². The highest BCUT2D eigenvalue weighted by Gasteiger charge is 2.27. The van der Waals surface area contributed by atoms with Gasteiger partial charge in [0.25, 0.3) is 10.0 Å². The van der Waals surface area contributed by atoms with Crippen molar-refractivity contribution in [3.63, 3.8) is 0 Å². The quantitative estimate of drug-likeness (QED) is 0.473. The summed E-state index contributed by atoms with van der Waals surface area (Å²) in [7, 11) is -2.26. The number of rotatable bonds is 10. The van der Waals surface area contributed by atoms with E-state index >= 15 is 0 Å². The third kappa shape index (κ3) is 6.11. The molecule has 0 atom stereocenters. The minimum atomic E-state index is -3.89. The van der Waals surface area contributed by atoms with Crippen molar-refractivity contribution in [2.24, 2.45) is 0 Å². The Morgan fingerprint density at radius 3 is 2.44 bits per heavy atom. The van der Waals surface area contributed by atoms with Gasteiger partial charge in [0.1, 0.15) is 12.3 Å². The van der Waals surface area contributed by atoms with Gasteiger partial charge in [0, 0.05) is 6.54 Å². The van der Waals surface area contributed by atoms with Gasteiger partial charge >= 0.3 is 0 Å². The highest BCUT2D eigenvalue weighted by molar-refractivity contribution is 7.92. The Labute approximate surface area is 189 Å². The number of ether oxygens (including phenoxy) is 1. The van der Waals surface area contributed by atoms with Gasteiger partial charge in [-0.15, -0.1) is 0 Å². The molecule has 0 fully saturated rings. The molecule has 32 heavy (non-hydrogen) atoms. The highest BCUT2D eigenvalue weighted by Crippen LogP contribution is 2.24. The molecule has 3 aromatic rings. The molecule has 6 nitrogen and oxygen atoms in total. The first-order chi connectivity index (χ1) is 15.4. The molecule has 7 heteroatoms. The van der Waals surface area contributed by atoms with E-state index in [0.29, 0.717) is 12.2 Å². The Hall–Kier alpha value is -3.32. The van der Waals surface area contributed by atoms with Gasteiger partial charge in [0.05, 0.1) is 17.7 Å². The molecular weight excluding hydrogens is 424 g/mol. The third-order valence-corrected chi connectivity index (χ3v) is 6.79. The predicted octanol–water partition coefficient (Wildman–Crippen LogP) is 3.95. The van der Waals surface area contributed by atoms with Crippen LogP contribution in [-0.2, 0) is 21.2 Å².